The maximum Gasteiger partial charge on any atom is 0.0620 e. The van der Waals surface area contributed by atoms with E-state index in [2.05, 4.69) is 19.2 Å². The van der Waals surface area contributed by atoms with Gasteiger partial charge in [0.05, 0.1) is 13.2 Å². The van der Waals surface area contributed by atoms with Gasteiger partial charge in [-0.25, -0.2) is 0 Å². The lowest BCUT2D eigenvalue weighted by Crippen LogP contribution is -2.41. The Bertz CT molecular complexity index is 97.7. The van der Waals surface area contributed by atoms with Gasteiger partial charge in [0.2, 0.25) is 0 Å². The summed E-state index contributed by atoms with van der Waals surface area (Å²) in [6, 6.07) is 0.617. The molecule has 0 amide bonds. The van der Waals surface area contributed by atoms with E-state index >= 15 is 0 Å². The van der Waals surface area contributed by atoms with Gasteiger partial charge in [-0.2, -0.15) is 0 Å². The largest absolute Gasteiger partial charge is 0.379 e. The molecule has 66 valence electrons. The minimum absolute atomic E-state index is 0.617. The molecule has 1 heterocycles. The van der Waals surface area contributed by atoms with Crippen molar-refractivity contribution in [1.82, 2.24) is 5.32 Å². The topological polar surface area (TPSA) is 21.3 Å². The second-order valence-electron chi connectivity index (χ2n) is 3.70. The summed E-state index contributed by atoms with van der Waals surface area (Å²) in [5, 5.41) is 3.45. The zero-order chi connectivity index (χ0) is 8.10. The first-order valence-corrected chi connectivity index (χ1v) is 4.60. The molecule has 1 atom stereocenters. The SMILES string of the molecule is CC(C)CCC1COCCN1. The van der Waals surface area contributed by atoms with Crippen LogP contribution in [0.1, 0.15) is 26.7 Å². The third-order valence-corrected chi connectivity index (χ3v) is 2.09. The van der Waals surface area contributed by atoms with Crippen LogP contribution in [0.5, 0.6) is 0 Å². The maximum atomic E-state index is 5.35. The van der Waals surface area contributed by atoms with Crippen LogP contribution in [0.3, 0.4) is 0 Å². The maximum absolute atomic E-state index is 5.35. The van der Waals surface area contributed by atoms with Crippen molar-refractivity contribution >= 4 is 0 Å². The van der Waals surface area contributed by atoms with Crippen molar-refractivity contribution in [1.29, 1.82) is 0 Å². The summed E-state index contributed by atoms with van der Waals surface area (Å²) in [4.78, 5) is 0. The second kappa shape index (κ2) is 4.73. The fourth-order valence-corrected chi connectivity index (χ4v) is 1.34. The molecule has 1 aliphatic rings. The predicted molar refractivity (Wildman–Crippen MR) is 46.7 cm³/mol. The average molecular weight is 157 g/mol. The summed E-state index contributed by atoms with van der Waals surface area (Å²) in [6.45, 7) is 7.36. The van der Waals surface area contributed by atoms with Crippen molar-refractivity contribution in [2.24, 2.45) is 5.92 Å². The van der Waals surface area contributed by atoms with Gasteiger partial charge in [0.1, 0.15) is 0 Å². The average Bonchev–Trinajstić information content (AvgIpc) is 2.03. The number of ether oxygens (including phenoxy) is 1. The summed E-state index contributed by atoms with van der Waals surface area (Å²) >= 11 is 0. The van der Waals surface area contributed by atoms with Crippen molar-refractivity contribution in [3.8, 4) is 0 Å². The van der Waals surface area contributed by atoms with E-state index < -0.39 is 0 Å². The first-order valence-electron chi connectivity index (χ1n) is 4.60. The standard InChI is InChI=1S/C9H19NO/c1-8(2)3-4-9-7-11-6-5-10-9/h8-10H,3-7H2,1-2H3. The van der Waals surface area contributed by atoms with E-state index in [1.54, 1.807) is 0 Å². The van der Waals surface area contributed by atoms with E-state index in [1.165, 1.54) is 12.8 Å². The molecule has 0 aliphatic carbocycles. The summed E-state index contributed by atoms with van der Waals surface area (Å²) < 4.78 is 5.35. The molecule has 1 unspecified atom stereocenters. The van der Waals surface area contributed by atoms with E-state index in [-0.39, 0.29) is 0 Å². The van der Waals surface area contributed by atoms with Gasteiger partial charge in [-0.3, -0.25) is 0 Å². The van der Waals surface area contributed by atoms with Gasteiger partial charge in [-0.05, 0) is 18.8 Å². The molecule has 0 bridgehead atoms. The quantitative estimate of drug-likeness (QED) is 0.669. The zero-order valence-corrected chi connectivity index (χ0v) is 7.60. The Morgan fingerprint density at radius 1 is 1.55 bits per heavy atom. The van der Waals surface area contributed by atoms with Crippen LogP contribution in [0.2, 0.25) is 0 Å². The molecule has 0 saturated carbocycles. The molecule has 11 heavy (non-hydrogen) atoms. The molecule has 1 aliphatic heterocycles. The van der Waals surface area contributed by atoms with Crippen molar-refractivity contribution < 1.29 is 4.74 Å². The Kier molecular flexibility index (Phi) is 3.87. The highest BCUT2D eigenvalue weighted by atomic mass is 16.5. The van der Waals surface area contributed by atoms with Crippen LogP contribution in [-0.2, 0) is 4.74 Å². The zero-order valence-electron chi connectivity index (χ0n) is 7.60. The Labute approximate surface area is 69.3 Å². The molecular formula is C9H19NO. The fraction of sp³-hybridized carbons (Fsp3) is 1.00. The van der Waals surface area contributed by atoms with E-state index in [9.17, 15) is 0 Å². The number of nitrogens with one attached hydrogen (secondary N) is 1. The molecule has 2 heteroatoms. The Morgan fingerprint density at radius 2 is 2.36 bits per heavy atom. The Hall–Kier alpha value is -0.0800. The molecule has 1 fully saturated rings. The van der Waals surface area contributed by atoms with Crippen molar-refractivity contribution in [2.45, 2.75) is 32.7 Å². The third kappa shape index (κ3) is 3.73. The molecule has 0 aromatic heterocycles. The first kappa shape index (κ1) is 9.01. The Morgan fingerprint density at radius 3 is 2.91 bits per heavy atom. The summed E-state index contributed by atoms with van der Waals surface area (Å²) in [7, 11) is 0. The normalized spacial score (nSPS) is 25.9. The lowest BCUT2D eigenvalue weighted by Gasteiger charge is -2.24. The number of hydrogen-bond donors (Lipinski definition) is 1. The van der Waals surface area contributed by atoms with Crippen LogP contribution in [0.25, 0.3) is 0 Å². The van der Waals surface area contributed by atoms with Crippen LogP contribution in [0.4, 0.5) is 0 Å². The van der Waals surface area contributed by atoms with E-state index in [0.717, 1.165) is 25.7 Å². The van der Waals surface area contributed by atoms with E-state index in [0.29, 0.717) is 6.04 Å². The number of hydrogen-bond acceptors (Lipinski definition) is 2. The van der Waals surface area contributed by atoms with Crippen LogP contribution in [0.15, 0.2) is 0 Å². The first-order chi connectivity index (χ1) is 5.29. The fourth-order valence-electron chi connectivity index (χ4n) is 1.34. The molecule has 1 saturated heterocycles. The molecule has 0 radical (unpaired) electrons. The van der Waals surface area contributed by atoms with Gasteiger partial charge in [-0.1, -0.05) is 13.8 Å². The van der Waals surface area contributed by atoms with Gasteiger partial charge in [-0.15, -0.1) is 0 Å². The van der Waals surface area contributed by atoms with Crippen molar-refractivity contribution in [3.63, 3.8) is 0 Å². The minimum atomic E-state index is 0.617. The molecule has 0 spiro atoms. The lowest BCUT2D eigenvalue weighted by atomic mass is 10.0. The predicted octanol–water partition coefficient (Wildman–Crippen LogP) is 1.41. The smallest absolute Gasteiger partial charge is 0.0620 e. The Balaban J connectivity index is 2.05. The molecule has 1 N–H and O–H groups in total. The van der Waals surface area contributed by atoms with E-state index in [1.807, 2.05) is 0 Å². The van der Waals surface area contributed by atoms with Gasteiger partial charge in [0.15, 0.2) is 0 Å². The van der Waals surface area contributed by atoms with Gasteiger partial charge < -0.3 is 10.1 Å². The van der Waals surface area contributed by atoms with Gasteiger partial charge >= 0.3 is 0 Å². The van der Waals surface area contributed by atoms with Crippen LogP contribution in [0, 0.1) is 5.92 Å². The summed E-state index contributed by atoms with van der Waals surface area (Å²) in [6.07, 6.45) is 2.57. The molecule has 0 aromatic carbocycles. The highest BCUT2D eigenvalue weighted by Crippen LogP contribution is 2.08. The highest BCUT2D eigenvalue weighted by Gasteiger charge is 2.12. The van der Waals surface area contributed by atoms with E-state index in [4.69, 9.17) is 4.74 Å². The van der Waals surface area contributed by atoms with Gasteiger partial charge in [0.25, 0.3) is 0 Å². The second-order valence-corrected chi connectivity index (χ2v) is 3.70. The monoisotopic (exact) mass is 157 g/mol. The van der Waals surface area contributed by atoms with Crippen LogP contribution < -0.4 is 5.32 Å². The van der Waals surface area contributed by atoms with Crippen molar-refractivity contribution in [2.75, 3.05) is 19.8 Å². The molecule has 2 nitrogen and oxygen atoms in total. The molecular weight excluding hydrogens is 138 g/mol. The summed E-state index contributed by atoms with van der Waals surface area (Å²) in [5.41, 5.74) is 0. The number of morpholine rings is 1. The van der Waals surface area contributed by atoms with Crippen molar-refractivity contribution in [3.05, 3.63) is 0 Å². The lowest BCUT2D eigenvalue weighted by molar-refractivity contribution is 0.0725. The highest BCUT2D eigenvalue weighted by molar-refractivity contribution is 4.70. The van der Waals surface area contributed by atoms with Crippen LogP contribution in [-0.4, -0.2) is 25.8 Å². The number of rotatable bonds is 3. The minimum Gasteiger partial charge on any atom is -0.379 e. The van der Waals surface area contributed by atoms with Crippen LogP contribution >= 0.6 is 0 Å². The van der Waals surface area contributed by atoms with Gasteiger partial charge in [0, 0.05) is 12.6 Å². The third-order valence-electron chi connectivity index (χ3n) is 2.09. The summed E-state index contributed by atoms with van der Waals surface area (Å²) in [5.74, 6) is 0.818. The molecule has 1 rings (SSSR count). The molecule has 0 aromatic rings.